The maximum atomic E-state index is 12.2. The molecule has 1 saturated carbocycles. The molecule has 2 fully saturated rings. The molecular weight excluding hydrogens is 270 g/mol. The number of piperidine rings is 1. The van der Waals surface area contributed by atoms with Gasteiger partial charge in [0.2, 0.25) is 9.47 Å². The van der Waals surface area contributed by atoms with Crippen molar-refractivity contribution >= 4 is 28.8 Å². The third kappa shape index (κ3) is 2.26. The highest BCUT2D eigenvalue weighted by Gasteiger charge is 2.38. The van der Waals surface area contributed by atoms with Gasteiger partial charge in [0.15, 0.2) is 0 Å². The van der Waals surface area contributed by atoms with Crippen molar-refractivity contribution in [1.82, 2.24) is 15.1 Å². The summed E-state index contributed by atoms with van der Waals surface area (Å²) in [6, 6.07) is 0. The van der Waals surface area contributed by atoms with Crippen molar-refractivity contribution in [2.45, 2.75) is 38.5 Å². The fourth-order valence-corrected chi connectivity index (χ4v) is 4.03. The smallest absolute Gasteiger partial charge is 0.284 e. The van der Waals surface area contributed by atoms with Gasteiger partial charge in [-0.2, -0.15) is 0 Å². The molecular formula is C12H16ClN3OS. The topological polar surface area (TPSA) is 46.1 Å². The number of halogens is 1. The number of likely N-dealkylation sites (tertiary alicyclic amines) is 1. The van der Waals surface area contributed by atoms with E-state index in [0.717, 1.165) is 25.9 Å². The molecule has 1 aromatic rings. The van der Waals surface area contributed by atoms with E-state index in [-0.39, 0.29) is 5.91 Å². The first-order valence-electron chi connectivity index (χ1n) is 6.47. The molecule has 1 aliphatic heterocycles. The van der Waals surface area contributed by atoms with Crippen LogP contribution in [0.1, 0.15) is 48.3 Å². The van der Waals surface area contributed by atoms with Gasteiger partial charge in [-0.15, -0.1) is 10.2 Å². The molecule has 0 N–H and O–H groups in total. The van der Waals surface area contributed by atoms with Gasteiger partial charge in [-0.05, 0) is 42.7 Å². The fraction of sp³-hybridized carbons (Fsp3) is 0.750. The maximum absolute atomic E-state index is 12.2. The lowest BCUT2D eigenvalue weighted by molar-refractivity contribution is 0.0586. The summed E-state index contributed by atoms with van der Waals surface area (Å²) < 4.78 is 0.336. The standard InChI is InChI=1S/C12H16ClN3OS/c13-11-15-14-9(18-11)10(17)16-7-5-12(6-8-16)3-1-2-4-12/h1-8H2. The van der Waals surface area contributed by atoms with Gasteiger partial charge >= 0.3 is 0 Å². The van der Waals surface area contributed by atoms with E-state index in [9.17, 15) is 4.79 Å². The molecule has 1 aliphatic carbocycles. The molecule has 0 atom stereocenters. The van der Waals surface area contributed by atoms with Gasteiger partial charge in [0.05, 0.1) is 0 Å². The number of rotatable bonds is 1. The molecule has 4 nitrogen and oxygen atoms in total. The Labute approximate surface area is 115 Å². The summed E-state index contributed by atoms with van der Waals surface area (Å²) in [5.41, 5.74) is 0.537. The minimum atomic E-state index is -0.00718. The summed E-state index contributed by atoms with van der Waals surface area (Å²) in [5, 5.41) is 7.93. The lowest BCUT2D eigenvalue weighted by atomic mass is 9.77. The number of aromatic nitrogens is 2. The van der Waals surface area contributed by atoms with Crippen LogP contribution in [-0.4, -0.2) is 34.1 Å². The SMILES string of the molecule is O=C(c1nnc(Cl)s1)N1CCC2(CCCC2)CC1. The van der Waals surface area contributed by atoms with Crippen molar-refractivity contribution in [3.63, 3.8) is 0 Å². The van der Waals surface area contributed by atoms with Crippen LogP contribution >= 0.6 is 22.9 Å². The molecule has 0 aromatic carbocycles. The molecule has 0 bridgehead atoms. The minimum Gasteiger partial charge on any atom is -0.336 e. The van der Waals surface area contributed by atoms with Gasteiger partial charge in [0, 0.05) is 13.1 Å². The largest absolute Gasteiger partial charge is 0.336 e. The van der Waals surface area contributed by atoms with Crippen molar-refractivity contribution < 1.29 is 4.79 Å². The molecule has 1 aromatic heterocycles. The first-order valence-corrected chi connectivity index (χ1v) is 7.66. The van der Waals surface area contributed by atoms with Crippen LogP contribution in [0.15, 0.2) is 0 Å². The van der Waals surface area contributed by atoms with Crippen molar-refractivity contribution in [3.05, 3.63) is 9.47 Å². The van der Waals surface area contributed by atoms with E-state index < -0.39 is 0 Å². The van der Waals surface area contributed by atoms with E-state index >= 15 is 0 Å². The van der Waals surface area contributed by atoms with E-state index in [0.29, 0.717) is 14.9 Å². The number of hydrogen-bond acceptors (Lipinski definition) is 4. The van der Waals surface area contributed by atoms with Crippen LogP contribution in [0.4, 0.5) is 0 Å². The Morgan fingerprint density at radius 2 is 1.83 bits per heavy atom. The lowest BCUT2D eigenvalue weighted by Gasteiger charge is -2.39. The van der Waals surface area contributed by atoms with Crippen LogP contribution in [0.5, 0.6) is 0 Å². The molecule has 6 heteroatoms. The summed E-state index contributed by atoms with van der Waals surface area (Å²) in [7, 11) is 0. The van der Waals surface area contributed by atoms with Crippen LogP contribution < -0.4 is 0 Å². The highest BCUT2D eigenvalue weighted by Crippen LogP contribution is 2.46. The summed E-state index contributed by atoms with van der Waals surface area (Å²) >= 11 is 6.88. The zero-order chi connectivity index (χ0) is 12.6. The lowest BCUT2D eigenvalue weighted by Crippen LogP contribution is -2.42. The number of nitrogens with zero attached hydrogens (tertiary/aromatic N) is 3. The Kier molecular flexibility index (Phi) is 3.28. The summed E-state index contributed by atoms with van der Waals surface area (Å²) in [6.07, 6.45) is 7.70. The fourth-order valence-electron chi connectivity index (χ4n) is 3.24. The zero-order valence-electron chi connectivity index (χ0n) is 10.2. The van der Waals surface area contributed by atoms with Gasteiger partial charge in [-0.25, -0.2) is 0 Å². The van der Waals surface area contributed by atoms with Gasteiger partial charge in [0.1, 0.15) is 0 Å². The molecule has 1 saturated heterocycles. The van der Waals surface area contributed by atoms with Gasteiger partial charge in [0.25, 0.3) is 5.91 Å². The van der Waals surface area contributed by atoms with Crippen LogP contribution in [0.3, 0.4) is 0 Å². The zero-order valence-corrected chi connectivity index (χ0v) is 11.8. The summed E-state index contributed by atoms with van der Waals surface area (Å²) in [6.45, 7) is 1.71. The predicted molar refractivity (Wildman–Crippen MR) is 71.0 cm³/mol. The quantitative estimate of drug-likeness (QED) is 0.797. The highest BCUT2D eigenvalue weighted by molar-refractivity contribution is 7.17. The minimum absolute atomic E-state index is 0.00718. The average molecular weight is 286 g/mol. The number of carbonyl (C=O) groups excluding carboxylic acids is 1. The normalized spacial score (nSPS) is 22.6. The second kappa shape index (κ2) is 4.78. The summed E-state index contributed by atoms with van der Waals surface area (Å²) in [4.78, 5) is 14.1. The predicted octanol–water partition coefficient (Wildman–Crippen LogP) is 2.99. The Morgan fingerprint density at radius 3 is 2.39 bits per heavy atom. The van der Waals surface area contributed by atoms with Crippen molar-refractivity contribution in [2.75, 3.05) is 13.1 Å². The van der Waals surface area contributed by atoms with Crippen LogP contribution in [0.2, 0.25) is 4.47 Å². The van der Waals surface area contributed by atoms with E-state index in [1.54, 1.807) is 0 Å². The third-order valence-electron chi connectivity index (χ3n) is 4.36. The third-order valence-corrected chi connectivity index (χ3v) is 5.37. The average Bonchev–Trinajstić information content (AvgIpc) is 3.00. The molecule has 1 amide bonds. The van der Waals surface area contributed by atoms with Crippen LogP contribution in [0, 0.1) is 5.41 Å². The first kappa shape index (κ1) is 12.4. The van der Waals surface area contributed by atoms with Crippen molar-refractivity contribution in [2.24, 2.45) is 5.41 Å². The monoisotopic (exact) mass is 285 g/mol. The molecule has 1 spiro atoms. The number of carbonyl (C=O) groups is 1. The number of hydrogen-bond donors (Lipinski definition) is 0. The van der Waals surface area contributed by atoms with Gasteiger partial charge in [-0.1, -0.05) is 24.2 Å². The second-order valence-electron chi connectivity index (χ2n) is 5.36. The van der Waals surface area contributed by atoms with Gasteiger partial charge < -0.3 is 4.90 Å². The molecule has 3 rings (SSSR count). The Hall–Kier alpha value is -0.680. The Balaban J connectivity index is 1.64. The van der Waals surface area contributed by atoms with Crippen molar-refractivity contribution in [1.29, 1.82) is 0 Å². The second-order valence-corrected chi connectivity index (χ2v) is 6.92. The Morgan fingerprint density at radius 1 is 1.17 bits per heavy atom. The Bertz CT molecular complexity index is 446. The highest BCUT2D eigenvalue weighted by atomic mass is 35.5. The maximum Gasteiger partial charge on any atom is 0.284 e. The van der Waals surface area contributed by atoms with E-state index in [4.69, 9.17) is 11.6 Å². The van der Waals surface area contributed by atoms with Crippen molar-refractivity contribution in [3.8, 4) is 0 Å². The molecule has 98 valence electrons. The molecule has 2 heterocycles. The summed E-state index contributed by atoms with van der Waals surface area (Å²) in [5.74, 6) is -0.00718. The van der Waals surface area contributed by atoms with E-state index in [1.807, 2.05) is 4.90 Å². The van der Waals surface area contributed by atoms with Gasteiger partial charge in [-0.3, -0.25) is 4.79 Å². The first-order chi connectivity index (χ1) is 8.69. The molecule has 2 aliphatic rings. The molecule has 0 radical (unpaired) electrons. The molecule has 18 heavy (non-hydrogen) atoms. The molecule has 0 unspecified atom stereocenters. The van der Waals surface area contributed by atoms with Crippen LogP contribution in [0.25, 0.3) is 0 Å². The number of amides is 1. The van der Waals surface area contributed by atoms with E-state index in [2.05, 4.69) is 10.2 Å². The van der Waals surface area contributed by atoms with E-state index in [1.165, 1.54) is 37.0 Å². The van der Waals surface area contributed by atoms with Crippen LogP contribution in [-0.2, 0) is 0 Å².